The lowest BCUT2D eigenvalue weighted by molar-refractivity contribution is 0.629. The minimum Gasteiger partial charge on any atom is -0.379 e. The predicted molar refractivity (Wildman–Crippen MR) is 77.2 cm³/mol. The first kappa shape index (κ1) is 13.1. The maximum absolute atomic E-state index is 13.6. The van der Waals surface area contributed by atoms with Crippen LogP contribution in [0.5, 0.6) is 0 Å². The van der Waals surface area contributed by atoms with Crippen molar-refractivity contribution in [3.63, 3.8) is 0 Å². The molecule has 0 fully saturated rings. The van der Waals surface area contributed by atoms with Gasteiger partial charge in [-0.2, -0.15) is 0 Å². The van der Waals surface area contributed by atoms with Crippen molar-refractivity contribution in [1.29, 1.82) is 0 Å². The van der Waals surface area contributed by atoms with Crippen molar-refractivity contribution in [3.8, 4) is 0 Å². The van der Waals surface area contributed by atoms with Gasteiger partial charge in [0.2, 0.25) is 0 Å². The molecule has 0 aliphatic rings. The summed E-state index contributed by atoms with van der Waals surface area (Å²) in [5.74, 6) is -0.238. The molecule has 0 aromatic heterocycles. The number of aryl methyl sites for hydroxylation is 1. The van der Waals surface area contributed by atoms with Crippen LogP contribution < -0.4 is 5.32 Å². The summed E-state index contributed by atoms with van der Waals surface area (Å²) in [6.07, 6.45) is 0.987. The molecule has 3 heteroatoms. The van der Waals surface area contributed by atoms with Gasteiger partial charge in [0, 0.05) is 11.0 Å². The Morgan fingerprint density at radius 1 is 1.11 bits per heavy atom. The largest absolute Gasteiger partial charge is 0.379 e. The molecule has 1 nitrogen and oxygen atoms in total. The molecule has 0 unspecified atom stereocenters. The lowest BCUT2D eigenvalue weighted by Crippen LogP contribution is -2.03. The van der Waals surface area contributed by atoms with E-state index in [0.29, 0.717) is 12.2 Å². The zero-order valence-corrected chi connectivity index (χ0v) is 11.8. The molecule has 0 amide bonds. The Kier molecular flexibility index (Phi) is 4.37. The first-order valence-corrected chi connectivity index (χ1v) is 6.75. The van der Waals surface area contributed by atoms with Crippen molar-refractivity contribution >= 4 is 21.6 Å². The van der Waals surface area contributed by atoms with Crippen molar-refractivity contribution in [1.82, 2.24) is 0 Å². The van der Waals surface area contributed by atoms with Gasteiger partial charge >= 0.3 is 0 Å². The van der Waals surface area contributed by atoms with E-state index in [9.17, 15) is 4.39 Å². The van der Waals surface area contributed by atoms with Crippen LogP contribution in [0.4, 0.5) is 10.1 Å². The Morgan fingerprint density at radius 3 is 2.50 bits per heavy atom. The molecular formula is C15H15BrFN. The maximum atomic E-state index is 13.6. The van der Waals surface area contributed by atoms with Gasteiger partial charge in [-0.25, -0.2) is 4.39 Å². The third-order valence-corrected chi connectivity index (χ3v) is 3.39. The van der Waals surface area contributed by atoms with Gasteiger partial charge in [-0.1, -0.05) is 47.1 Å². The SMILES string of the molecule is CCc1ccccc1CNc1ccc(Br)cc1F. The molecule has 2 aromatic carbocycles. The highest BCUT2D eigenvalue weighted by atomic mass is 79.9. The molecule has 0 saturated carbocycles. The molecule has 1 N–H and O–H groups in total. The normalized spacial score (nSPS) is 10.4. The van der Waals surface area contributed by atoms with Crippen LogP contribution in [0.25, 0.3) is 0 Å². The fraction of sp³-hybridized carbons (Fsp3) is 0.200. The number of rotatable bonds is 4. The van der Waals surface area contributed by atoms with E-state index in [0.717, 1.165) is 10.9 Å². The molecule has 0 atom stereocenters. The van der Waals surface area contributed by atoms with E-state index < -0.39 is 0 Å². The highest BCUT2D eigenvalue weighted by Gasteiger charge is 2.04. The number of anilines is 1. The zero-order chi connectivity index (χ0) is 13.0. The molecule has 94 valence electrons. The molecule has 0 aliphatic heterocycles. The van der Waals surface area contributed by atoms with Crippen molar-refractivity contribution in [3.05, 3.63) is 63.9 Å². The van der Waals surface area contributed by atoms with Crippen LogP contribution in [0.2, 0.25) is 0 Å². The van der Waals surface area contributed by atoms with Crippen LogP contribution in [0.15, 0.2) is 46.9 Å². The van der Waals surface area contributed by atoms with E-state index in [2.05, 4.69) is 40.3 Å². The Balaban J connectivity index is 2.11. The van der Waals surface area contributed by atoms with E-state index in [1.54, 1.807) is 6.07 Å². The van der Waals surface area contributed by atoms with E-state index in [4.69, 9.17) is 0 Å². The fourth-order valence-electron chi connectivity index (χ4n) is 1.90. The topological polar surface area (TPSA) is 12.0 Å². The second-order valence-electron chi connectivity index (χ2n) is 4.10. The van der Waals surface area contributed by atoms with Crippen LogP contribution in [0, 0.1) is 5.82 Å². The summed E-state index contributed by atoms with van der Waals surface area (Å²) in [7, 11) is 0. The van der Waals surface area contributed by atoms with Gasteiger partial charge in [0.05, 0.1) is 5.69 Å². The molecule has 18 heavy (non-hydrogen) atoms. The van der Waals surface area contributed by atoms with Crippen molar-refractivity contribution in [2.75, 3.05) is 5.32 Å². The lowest BCUT2D eigenvalue weighted by Gasteiger charge is -2.11. The average Bonchev–Trinajstić information content (AvgIpc) is 2.38. The molecule has 0 bridgehead atoms. The van der Waals surface area contributed by atoms with E-state index in [1.807, 2.05) is 18.2 Å². The third kappa shape index (κ3) is 3.10. The molecule has 0 aliphatic carbocycles. The second-order valence-corrected chi connectivity index (χ2v) is 5.02. The molecule has 0 radical (unpaired) electrons. The predicted octanol–water partition coefficient (Wildman–Crippen LogP) is 4.76. The molecule has 0 saturated heterocycles. The Hall–Kier alpha value is -1.35. The molecular weight excluding hydrogens is 293 g/mol. The quantitative estimate of drug-likeness (QED) is 0.858. The minimum atomic E-state index is -0.238. The van der Waals surface area contributed by atoms with Crippen LogP contribution in [-0.2, 0) is 13.0 Å². The number of nitrogens with one attached hydrogen (secondary N) is 1. The van der Waals surface area contributed by atoms with Gasteiger partial charge in [-0.05, 0) is 35.7 Å². The second kappa shape index (κ2) is 6.01. The first-order chi connectivity index (χ1) is 8.70. The van der Waals surface area contributed by atoms with Gasteiger partial charge in [0.25, 0.3) is 0 Å². The minimum absolute atomic E-state index is 0.238. The highest BCUT2D eigenvalue weighted by Crippen LogP contribution is 2.20. The molecule has 0 heterocycles. The van der Waals surface area contributed by atoms with Gasteiger partial charge in [-0.15, -0.1) is 0 Å². The van der Waals surface area contributed by atoms with Gasteiger partial charge in [0.1, 0.15) is 5.82 Å². The summed E-state index contributed by atoms with van der Waals surface area (Å²) < 4.78 is 14.4. The van der Waals surface area contributed by atoms with Crippen LogP contribution in [-0.4, -0.2) is 0 Å². The summed E-state index contributed by atoms with van der Waals surface area (Å²) in [6.45, 7) is 2.77. The summed E-state index contributed by atoms with van der Waals surface area (Å²) in [6, 6.07) is 13.3. The summed E-state index contributed by atoms with van der Waals surface area (Å²) in [4.78, 5) is 0. The lowest BCUT2D eigenvalue weighted by atomic mass is 10.1. The highest BCUT2D eigenvalue weighted by molar-refractivity contribution is 9.10. The summed E-state index contributed by atoms with van der Waals surface area (Å²) in [5, 5.41) is 3.14. The number of benzene rings is 2. The molecule has 2 rings (SSSR count). The van der Waals surface area contributed by atoms with Crippen molar-refractivity contribution in [2.24, 2.45) is 0 Å². The molecule has 0 spiro atoms. The average molecular weight is 308 g/mol. The summed E-state index contributed by atoms with van der Waals surface area (Å²) in [5.41, 5.74) is 3.04. The van der Waals surface area contributed by atoms with Gasteiger partial charge < -0.3 is 5.32 Å². The van der Waals surface area contributed by atoms with Crippen molar-refractivity contribution < 1.29 is 4.39 Å². The van der Waals surface area contributed by atoms with E-state index in [1.165, 1.54) is 17.2 Å². The Labute approximate surface area is 115 Å². The Bertz CT molecular complexity index is 540. The number of hydrogen-bond acceptors (Lipinski definition) is 1. The zero-order valence-electron chi connectivity index (χ0n) is 10.2. The smallest absolute Gasteiger partial charge is 0.147 e. The standard InChI is InChI=1S/C15H15BrFN/c1-2-11-5-3-4-6-12(11)10-18-15-8-7-13(16)9-14(15)17/h3-9,18H,2,10H2,1H3. The first-order valence-electron chi connectivity index (χ1n) is 5.96. The van der Waals surface area contributed by atoms with E-state index >= 15 is 0 Å². The number of halogens is 2. The summed E-state index contributed by atoms with van der Waals surface area (Å²) >= 11 is 3.25. The van der Waals surface area contributed by atoms with Gasteiger partial charge in [-0.3, -0.25) is 0 Å². The van der Waals surface area contributed by atoms with E-state index in [-0.39, 0.29) is 5.82 Å². The number of hydrogen-bond donors (Lipinski definition) is 1. The van der Waals surface area contributed by atoms with Gasteiger partial charge in [0.15, 0.2) is 0 Å². The van der Waals surface area contributed by atoms with Crippen LogP contribution in [0.3, 0.4) is 0 Å². The monoisotopic (exact) mass is 307 g/mol. The maximum Gasteiger partial charge on any atom is 0.147 e. The van der Waals surface area contributed by atoms with Crippen molar-refractivity contribution in [2.45, 2.75) is 19.9 Å². The third-order valence-electron chi connectivity index (χ3n) is 2.90. The van der Waals surface area contributed by atoms with Crippen LogP contribution in [0.1, 0.15) is 18.1 Å². The fourth-order valence-corrected chi connectivity index (χ4v) is 2.23. The Morgan fingerprint density at radius 2 is 1.83 bits per heavy atom. The molecule has 2 aromatic rings. The van der Waals surface area contributed by atoms with Crippen LogP contribution >= 0.6 is 15.9 Å².